The van der Waals surface area contributed by atoms with E-state index in [1.165, 1.54) is 12.1 Å². The largest absolute Gasteiger partial charge is 0.416 e. The van der Waals surface area contributed by atoms with Crippen LogP contribution in [0.2, 0.25) is 0 Å². The highest BCUT2D eigenvalue weighted by atomic mass is 19.4. The van der Waals surface area contributed by atoms with E-state index in [-0.39, 0.29) is 12.3 Å². The quantitative estimate of drug-likeness (QED) is 0.857. The van der Waals surface area contributed by atoms with Gasteiger partial charge in [-0.15, -0.1) is 0 Å². The van der Waals surface area contributed by atoms with Gasteiger partial charge in [0.15, 0.2) is 0 Å². The molecule has 22 heavy (non-hydrogen) atoms. The third kappa shape index (κ3) is 2.98. The molecular weight excluding hydrogens is 297 g/mol. The van der Waals surface area contributed by atoms with Gasteiger partial charge in [0.05, 0.1) is 24.7 Å². The Kier molecular flexibility index (Phi) is 3.64. The molecule has 7 heteroatoms. The Labute approximate surface area is 124 Å². The molecule has 0 bridgehead atoms. The average molecular weight is 310 g/mol. The lowest BCUT2D eigenvalue weighted by molar-refractivity contribution is -0.138. The van der Waals surface area contributed by atoms with Gasteiger partial charge in [-0.1, -0.05) is 23.4 Å². The monoisotopic (exact) mass is 310 g/mol. The van der Waals surface area contributed by atoms with Crippen LogP contribution in [0.1, 0.15) is 22.5 Å². The zero-order chi connectivity index (χ0) is 15.7. The number of carbonyl (C=O) groups excluding carboxylic acids is 1. The molecule has 0 saturated carbocycles. The molecule has 0 N–H and O–H groups in total. The molecule has 4 nitrogen and oxygen atoms in total. The van der Waals surface area contributed by atoms with E-state index >= 15 is 0 Å². The van der Waals surface area contributed by atoms with E-state index in [2.05, 4.69) is 5.16 Å². The smallest absolute Gasteiger partial charge is 0.361 e. The van der Waals surface area contributed by atoms with Crippen LogP contribution in [-0.4, -0.2) is 22.5 Å². The van der Waals surface area contributed by atoms with E-state index in [0.717, 1.165) is 23.5 Å². The molecule has 0 aliphatic carbocycles. The Morgan fingerprint density at radius 1 is 1.36 bits per heavy atom. The van der Waals surface area contributed by atoms with Crippen molar-refractivity contribution in [1.29, 1.82) is 0 Å². The predicted octanol–water partition coefficient (Wildman–Crippen LogP) is 2.82. The van der Waals surface area contributed by atoms with Crippen molar-refractivity contribution in [3.05, 3.63) is 52.9 Å². The molecule has 1 amide bonds. The molecule has 116 valence electrons. The lowest BCUT2D eigenvalue weighted by Crippen LogP contribution is -2.36. The molecule has 3 rings (SSSR count). The number of nitrogens with zero attached hydrogens (tertiary/aromatic N) is 2. The molecular formula is C15H13F3N2O2. The van der Waals surface area contributed by atoms with Crippen molar-refractivity contribution in [3.8, 4) is 0 Å². The molecule has 0 saturated heterocycles. The highest BCUT2D eigenvalue weighted by Gasteiger charge is 2.30. The first-order chi connectivity index (χ1) is 10.4. The molecule has 0 spiro atoms. The predicted molar refractivity (Wildman–Crippen MR) is 70.8 cm³/mol. The SMILES string of the molecule is O=C(Cc1cccc(C(F)(F)F)c1)N1CCc2oncc2C1. The van der Waals surface area contributed by atoms with Crippen LogP contribution in [0.4, 0.5) is 13.2 Å². The van der Waals surface area contributed by atoms with Gasteiger partial charge in [-0.3, -0.25) is 4.79 Å². The topological polar surface area (TPSA) is 46.3 Å². The third-order valence-corrected chi connectivity index (χ3v) is 3.66. The molecule has 0 radical (unpaired) electrons. The molecule has 1 aliphatic rings. The van der Waals surface area contributed by atoms with Crippen molar-refractivity contribution < 1.29 is 22.5 Å². The summed E-state index contributed by atoms with van der Waals surface area (Å²) < 4.78 is 43.1. The van der Waals surface area contributed by atoms with E-state index in [4.69, 9.17) is 4.52 Å². The van der Waals surface area contributed by atoms with E-state index in [9.17, 15) is 18.0 Å². The van der Waals surface area contributed by atoms with Crippen LogP contribution in [0.3, 0.4) is 0 Å². The summed E-state index contributed by atoms with van der Waals surface area (Å²) in [6.45, 7) is 0.872. The number of hydrogen-bond donors (Lipinski definition) is 0. The molecule has 2 aromatic rings. The number of amides is 1. The maximum atomic E-state index is 12.7. The van der Waals surface area contributed by atoms with E-state index < -0.39 is 11.7 Å². The zero-order valence-corrected chi connectivity index (χ0v) is 11.6. The van der Waals surface area contributed by atoms with Gasteiger partial charge in [0.1, 0.15) is 5.76 Å². The summed E-state index contributed by atoms with van der Waals surface area (Å²) in [5.74, 6) is 0.564. The summed E-state index contributed by atoms with van der Waals surface area (Å²) >= 11 is 0. The molecule has 1 aromatic carbocycles. The number of benzene rings is 1. The Morgan fingerprint density at radius 2 is 2.18 bits per heavy atom. The van der Waals surface area contributed by atoms with Crippen molar-refractivity contribution in [2.75, 3.05) is 6.54 Å². The second-order valence-corrected chi connectivity index (χ2v) is 5.21. The lowest BCUT2D eigenvalue weighted by Gasteiger charge is -2.25. The normalized spacial score (nSPS) is 14.8. The van der Waals surface area contributed by atoms with Crippen LogP contribution in [0.15, 0.2) is 35.0 Å². The highest BCUT2D eigenvalue weighted by molar-refractivity contribution is 5.79. The van der Waals surface area contributed by atoms with Gasteiger partial charge in [0.25, 0.3) is 0 Å². The van der Waals surface area contributed by atoms with Gasteiger partial charge < -0.3 is 9.42 Å². The Hall–Kier alpha value is -2.31. The zero-order valence-electron chi connectivity index (χ0n) is 11.6. The Morgan fingerprint density at radius 3 is 2.95 bits per heavy atom. The Balaban J connectivity index is 1.70. The highest BCUT2D eigenvalue weighted by Crippen LogP contribution is 2.29. The van der Waals surface area contributed by atoms with Crippen molar-refractivity contribution in [2.45, 2.75) is 25.6 Å². The number of carbonyl (C=O) groups is 1. The van der Waals surface area contributed by atoms with Crippen LogP contribution in [0, 0.1) is 0 Å². The fraction of sp³-hybridized carbons (Fsp3) is 0.333. The van der Waals surface area contributed by atoms with E-state index in [1.54, 1.807) is 11.1 Å². The van der Waals surface area contributed by atoms with Crippen LogP contribution < -0.4 is 0 Å². The first-order valence-electron chi connectivity index (χ1n) is 6.80. The fourth-order valence-corrected chi connectivity index (χ4v) is 2.50. The van der Waals surface area contributed by atoms with Crippen molar-refractivity contribution in [3.63, 3.8) is 0 Å². The molecule has 0 unspecified atom stereocenters. The standard InChI is InChI=1S/C15H13F3N2O2/c16-15(17,18)12-3-1-2-10(6-12)7-14(21)20-5-4-13-11(9-20)8-19-22-13/h1-3,6,8H,4-5,7,9H2. The number of alkyl halides is 3. The van der Waals surface area contributed by atoms with Gasteiger partial charge in [-0.25, -0.2) is 0 Å². The molecule has 1 aromatic heterocycles. The summed E-state index contributed by atoms with van der Waals surface area (Å²) in [6, 6.07) is 4.87. The molecule has 1 aliphatic heterocycles. The molecule has 2 heterocycles. The number of aromatic nitrogens is 1. The Bertz CT molecular complexity index is 694. The van der Waals surface area contributed by atoms with Crippen molar-refractivity contribution >= 4 is 5.91 Å². The lowest BCUT2D eigenvalue weighted by atomic mass is 10.1. The number of rotatable bonds is 2. The summed E-state index contributed by atoms with van der Waals surface area (Å²) in [5.41, 5.74) is 0.470. The minimum Gasteiger partial charge on any atom is -0.361 e. The first-order valence-corrected chi connectivity index (χ1v) is 6.80. The third-order valence-electron chi connectivity index (χ3n) is 3.66. The van der Waals surface area contributed by atoms with Crippen LogP contribution in [-0.2, 0) is 30.4 Å². The maximum Gasteiger partial charge on any atom is 0.416 e. The fourth-order valence-electron chi connectivity index (χ4n) is 2.50. The summed E-state index contributed by atoms with van der Waals surface area (Å²) in [7, 11) is 0. The van der Waals surface area contributed by atoms with Gasteiger partial charge in [-0.05, 0) is 11.6 Å². The van der Waals surface area contributed by atoms with Gasteiger partial charge >= 0.3 is 6.18 Å². The summed E-state index contributed by atoms with van der Waals surface area (Å²) in [4.78, 5) is 13.9. The van der Waals surface area contributed by atoms with Crippen LogP contribution in [0.5, 0.6) is 0 Å². The van der Waals surface area contributed by atoms with E-state index in [1.807, 2.05) is 0 Å². The molecule has 0 atom stereocenters. The van der Waals surface area contributed by atoms with Crippen molar-refractivity contribution in [1.82, 2.24) is 10.1 Å². The molecule has 0 fully saturated rings. The van der Waals surface area contributed by atoms with Crippen LogP contribution in [0.25, 0.3) is 0 Å². The summed E-state index contributed by atoms with van der Waals surface area (Å²) in [5, 5.41) is 3.68. The number of fused-ring (bicyclic) bond motifs is 1. The van der Waals surface area contributed by atoms with Crippen LogP contribution >= 0.6 is 0 Å². The number of halogens is 3. The second kappa shape index (κ2) is 5.47. The summed E-state index contributed by atoms with van der Waals surface area (Å²) in [6.07, 6.45) is -2.31. The second-order valence-electron chi connectivity index (χ2n) is 5.21. The van der Waals surface area contributed by atoms with E-state index in [0.29, 0.717) is 25.1 Å². The average Bonchev–Trinajstić information content (AvgIpc) is 2.94. The van der Waals surface area contributed by atoms with Gasteiger partial charge in [0.2, 0.25) is 5.91 Å². The number of hydrogen-bond acceptors (Lipinski definition) is 3. The van der Waals surface area contributed by atoms with Gasteiger partial charge in [0, 0.05) is 18.5 Å². The first kappa shape index (κ1) is 14.6. The van der Waals surface area contributed by atoms with Crippen molar-refractivity contribution in [2.24, 2.45) is 0 Å². The minimum atomic E-state index is -4.40. The minimum absolute atomic E-state index is 0.0511. The van der Waals surface area contributed by atoms with Gasteiger partial charge in [-0.2, -0.15) is 13.2 Å². The maximum absolute atomic E-state index is 12.7.